The molecule has 1 N–H and O–H groups in total. The van der Waals surface area contributed by atoms with E-state index in [2.05, 4.69) is 5.32 Å². The van der Waals surface area contributed by atoms with Crippen LogP contribution in [0.2, 0.25) is 0 Å². The van der Waals surface area contributed by atoms with Crippen molar-refractivity contribution < 1.29 is 18.4 Å². The second-order valence-corrected chi connectivity index (χ2v) is 11.5. The van der Waals surface area contributed by atoms with Crippen LogP contribution in [0.1, 0.15) is 48.9 Å². The summed E-state index contributed by atoms with van der Waals surface area (Å²) < 4.78 is 32.7. The predicted octanol–water partition coefficient (Wildman–Crippen LogP) is 4.38. The second kappa shape index (κ2) is 10.3. The van der Waals surface area contributed by atoms with E-state index in [-0.39, 0.29) is 36.4 Å². The van der Waals surface area contributed by atoms with Crippen LogP contribution in [0.4, 0.5) is 8.78 Å². The van der Waals surface area contributed by atoms with Crippen LogP contribution in [0, 0.1) is 5.82 Å². The van der Waals surface area contributed by atoms with Crippen molar-refractivity contribution in [2.24, 2.45) is 7.05 Å². The highest BCUT2D eigenvalue weighted by Crippen LogP contribution is 2.48. The zero-order valence-corrected chi connectivity index (χ0v) is 23.0. The summed E-state index contributed by atoms with van der Waals surface area (Å²) in [6.45, 7) is 1.48. The Balaban J connectivity index is 1.27. The Morgan fingerprint density at radius 3 is 2.37 bits per heavy atom. The number of carbonyl (C=O) groups excluding carboxylic acids is 2. The average Bonchev–Trinajstić information content (AvgIpc) is 3.52. The van der Waals surface area contributed by atoms with Gasteiger partial charge in [-0.1, -0.05) is 61.5 Å². The van der Waals surface area contributed by atoms with Gasteiger partial charge in [0.15, 0.2) is 0 Å². The van der Waals surface area contributed by atoms with Crippen LogP contribution in [-0.2, 0) is 28.6 Å². The maximum Gasteiger partial charge on any atom is 0.329 e. The average molecular weight is 559 g/mol. The van der Waals surface area contributed by atoms with E-state index in [0.29, 0.717) is 22.2 Å². The number of aryl methyl sites for hydroxylation is 1. The molecule has 1 aliphatic carbocycles. The molecular formula is C32H32F2N4O3. The topological polar surface area (TPSA) is 76.3 Å². The Morgan fingerprint density at radius 1 is 1.00 bits per heavy atom. The zero-order chi connectivity index (χ0) is 28.9. The van der Waals surface area contributed by atoms with Gasteiger partial charge in [-0.2, -0.15) is 0 Å². The van der Waals surface area contributed by atoms with Gasteiger partial charge in [-0.15, -0.1) is 0 Å². The van der Waals surface area contributed by atoms with Crippen LogP contribution in [0.15, 0.2) is 77.6 Å². The van der Waals surface area contributed by atoms with Crippen molar-refractivity contribution in [3.8, 4) is 0 Å². The summed E-state index contributed by atoms with van der Waals surface area (Å²) in [7, 11) is 1.62. The van der Waals surface area contributed by atoms with Crippen LogP contribution in [-0.4, -0.2) is 44.6 Å². The highest BCUT2D eigenvalue weighted by atomic mass is 19.1. The largest absolute Gasteiger partial charge is 0.343 e. The minimum absolute atomic E-state index is 0.152. The third-order valence-electron chi connectivity index (χ3n) is 8.61. The number of hydrogen-bond acceptors (Lipinski definition) is 3. The molecule has 2 amide bonds. The van der Waals surface area contributed by atoms with Gasteiger partial charge < -0.3 is 10.2 Å². The summed E-state index contributed by atoms with van der Waals surface area (Å²) >= 11 is 0. The molecule has 41 heavy (non-hydrogen) atoms. The monoisotopic (exact) mass is 558 g/mol. The van der Waals surface area contributed by atoms with Gasteiger partial charge in [0.25, 0.3) is 0 Å². The zero-order valence-electron chi connectivity index (χ0n) is 23.0. The number of aromatic nitrogens is 2. The molecule has 1 saturated heterocycles. The number of imidazole rings is 1. The molecule has 9 heteroatoms. The number of fused-ring (bicyclic) bond motifs is 1. The van der Waals surface area contributed by atoms with Crippen LogP contribution < -0.4 is 11.0 Å². The molecule has 4 aromatic rings. The lowest BCUT2D eigenvalue weighted by molar-refractivity contribution is -0.139. The first-order chi connectivity index (χ1) is 19.7. The third-order valence-corrected chi connectivity index (χ3v) is 8.61. The van der Waals surface area contributed by atoms with E-state index in [9.17, 15) is 18.8 Å². The van der Waals surface area contributed by atoms with Gasteiger partial charge in [-0.05, 0) is 53.1 Å². The standard InChI is InChI=1S/C32H32F2N4O3/c1-32(14-15-32)23-13-12-21(16-24(23)34)29(20-8-4-3-5-9-20)35-30(40)27-17-22(33)18-37(27)28(39)19-38-26-11-7-6-10-25(26)36(2)31(38)41/h3-13,16,22,27,29H,14-15,17-19H2,1-2H3,(H,35,40)/t22-,27+,29+/m1/s1. The molecule has 1 aromatic heterocycles. The summed E-state index contributed by atoms with van der Waals surface area (Å²) in [6.07, 6.45) is 0.325. The number of nitrogens with zero attached hydrogens (tertiary/aromatic N) is 3. The predicted molar refractivity (Wildman–Crippen MR) is 152 cm³/mol. The molecular weight excluding hydrogens is 526 g/mol. The van der Waals surface area contributed by atoms with Crippen LogP contribution >= 0.6 is 0 Å². The first-order valence-electron chi connectivity index (χ1n) is 13.9. The molecule has 2 fully saturated rings. The number of benzene rings is 3. The van der Waals surface area contributed by atoms with Gasteiger partial charge in [0.05, 0.1) is 23.6 Å². The van der Waals surface area contributed by atoms with E-state index in [1.165, 1.54) is 20.1 Å². The van der Waals surface area contributed by atoms with Crippen molar-refractivity contribution >= 4 is 22.8 Å². The number of hydrogen-bond donors (Lipinski definition) is 1. The Labute approximate surface area is 236 Å². The number of rotatable bonds is 7. The molecule has 2 heterocycles. The molecule has 1 saturated carbocycles. The molecule has 0 bridgehead atoms. The van der Waals surface area contributed by atoms with Crippen LogP contribution in [0.25, 0.3) is 11.0 Å². The molecule has 6 rings (SSSR count). The van der Waals surface area contributed by atoms with Crippen molar-refractivity contribution in [3.05, 3.63) is 106 Å². The molecule has 212 valence electrons. The number of carbonyl (C=O) groups is 2. The summed E-state index contributed by atoms with van der Waals surface area (Å²) in [5, 5.41) is 2.97. The van der Waals surface area contributed by atoms with Crippen molar-refractivity contribution in [2.75, 3.05) is 6.54 Å². The molecule has 2 aliphatic rings. The van der Waals surface area contributed by atoms with E-state index in [1.807, 2.05) is 43.3 Å². The number of halogens is 2. The molecule has 7 nitrogen and oxygen atoms in total. The van der Waals surface area contributed by atoms with Crippen LogP contribution in [0.5, 0.6) is 0 Å². The summed E-state index contributed by atoms with van der Waals surface area (Å²) in [6, 6.07) is 19.6. The van der Waals surface area contributed by atoms with Crippen molar-refractivity contribution in [1.29, 1.82) is 0 Å². The molecule has 0 spiro atoms. The Bertz CT molecular complexity index is 1690. The second-order valence-electron chi connectivity index (χ2n) is 11.5. The number of amides is 2. The molecule has 1 aliphatic heterocycles. The summed E-state index contributed by atoms with van der Waals surface area (Å²) in [5.41, 5.74) is 2.69. The normalized spacial score (nSPS) is 20.2. The van der Waals surface area contributed by atoms with Gasteiger partial charge in [0.2, 0.25) is 11.8 Å². The van der Waals surface area contributed by atoms with Gasteiger partial charge in [-0.3, -0.25) is 18.7 Å². The summed E-state index contributed by atoms with van der Waals surface area (Å²) in [5.74, 6) is -1.37. The number of nitrogens with one attached hydrogen (secondary N) is 1. The van der Waals surface area contributed by atoms with E-state index in [4.69, 9.17) is 0 Å². The van der Waals surface area contributed by atoms with Gasteiger partial charge >= 0.3 is 5.69 Å². The Hall–Kier alpha value is -4.27. The minimum atomic E-state index is -1.38. The lowest BCUT2D eigenvalue weighted by Crippen LogP contribution is -2.48. The highest BCUT2D eigenvalue weighted by Gasteiger charge is 2.42. The maximum absolute atomic E-state index is 15.2. The molecule has 0 unspecified atom stereocenters. The number of para-hydroxylation sites is 2. The van der Waals surface area contributed by atoms with E-state index >= 15 is 4.39 Å². The lowest BCUT2D eigenvalue weighted by Gasteiger charge is -2.27. The fourth-order valence-corrected chi connectivity index (χ4v) is 5.95. The quantitative estimate of drug-likeness (QED) is 0.366. The van der Waals surface area contributed by atoms with Crippen molar-refractivity contribution in [1.82, 2.24) is 19.4 Å². The number of alkyl halides is 1. The lowest BCUT2D eigenvalue weighted by atomic mass is 9.92. The van der Waals surface area contributed by atoms with Gasteiger partial charge in [-0.25, -0.2) is 13.6 Å². The van der Waals surface area contributed by atoms with Crippen molar-refractivity contribution in [2.45, 2.75) is 56.4 Å². The fourth-order valence-electron chi connectivity index (χ4n) is 5.95. The van der Waals surface area contributed by atoms with Crippen molar-refractivity contribution in [3.63, 3.8) is 0 Å². The fraction of sp³-hybridized carbons (Fsp3) is 0.344. The SMILES string of the molecule is Cn1c(=O)n(CC(=O)N2C[C@H](F)C[C@H]2C(=O)N[C@@H](c2ccccc2)c2ccc(C3(C)CC3)c(F)c2)c2ccccc21. The Morgan fingerprint density at radius 2 is 1.68 bits per heavy atom. The number of likely N-dealkylation sites (tertiary alicyclic amines) is 1. The van der Waals surface area contributed by atoms with Gasteiger partial charge in [0.1, 0.15) is 24.6 Å². The third kappa shape index (κ3) is 4.94. The van der Waals surface area contributed by atoms with Crippen LogP contribution in [0.3, 0.4) is 0 Å². The van der Waals surface area contributed by atoms with E-state index in [1.54, 1.807) is 37.4 Å². The first kappa shape index (κ1) is 26.9. The first-order valence-corrected chi connectivity index (χ1v) is 13.9. The maximum atomic E-state index is 15.2. The molecule has 0 radical (unpaired) electrons. The molecule has 3 atom stereocenters. The summed E-state index contributed by atoms with van der Waals surface area (Å²) in [4.78, 5) is 41.2. The highest BCUT2D eigenvalue weighted by molar-refractivity contribution is 5.89. The minimum Gasteiger partial charge on any atom is -0.343 e. The van der Waals surface area contributed by atoms with E-state index in [0.717, 1.165) is 18.4 Å². The molecule has 3 aromatic carbocycles. The van der Waals surface area contributed by atoms with E-state index < -0.39 is 30.1 Å². The van der Waals surface area contributed by atoms with Gasteiger partial charge in [0, 0.05) is 13.5 Å². The smallest absolute Gasteiger partial charge is 0.329 e. The Kier molecular flexibility index (Phi) is 6.76.